The zero-order valence-electron chi connectivity index (χ0n) is 15.6. The van der Waals surface area contributed by atoms with Gasteiger partial charge in [-0.25, -0.2) is 9.59 Å². The number of hydrogen-bond acceptors (Lipinski definition) is 2. The molecular weight excluding hydrogens is 328 g/mol. The third kappa shape index (κ3) is 5.38. The highest BCUT2D eigenvalue weighted by Gasteiger charge is 2.25. The minimum Gasteiger partial charge on any atom is -0.335 e. The van der Waals surface area contributed by atoms with Gasteiger partial charge in [-0.3, -0.25) is 0 Å². The largest absolute Gasteiger partial charge is 0.335 e. The third-order valence-corrected chi connectivity index (χ3v) is 5.36. The molecular formula is C20H30N4O2. The van der Waals surface area contributed by atoms with Crippen LogP contribution < -0.4 is 16.0 Å². The lowest BCUT2D eigenvalue weighted by Gasteiger charge is -2.34. The van der Waals surface area contributed by atoms with Crippen LogP contribution in [0.25, 0.3) is 0 Å². The lowest BCUT2D eigenvalue weighted by Crippen LogP contribution is -2.52. The summed E-state index contributed by atoms with van der Waals surface area (Å²) in [5.74, 6) is 0. The summed E-state index contributed by atoms with van der Waals surface area (Å²) in [6.07, 6.45) is 7.50. The number of aryl methyl sites for hydroxylation is 1. The van der Waals surface area contributed by atoms with E-state index in [1.54, 1.807) is 0 Å². The molecule has 1 aliphatic carbocycles. The maximum absolute atomic E-state index is 12.4. The fourth-order valence-corrected chi connectivity index (χ4v) is 3.73. The Bertz CT molecular complexity index is 603. The van der Waals surface area contributed by atoms with Crippen LogP contribution in [-0.2, 0) is 0 Å². The molecule has 0 bridgehead atoms. The zero-order chi connectivity index (χ0) is 18.4. The summed E-state index contributed by atoms with van der Waals surface area (Å²) in [4.78, 5) is 26.4. The van der Waals surface area contributed by atoms with Crippen LogP contribution in [0.4, 0.5) is 15.3 Å². The van der Waals surface area contributed by atoms with Gasteiger partial charge in [-0.1, -0.05) is 37.0 Å². The Morgan fingerprint density at radius 2 is 1.50 bits per heavy atom. The molecule has 1 heterocycles. The Hall–Kier alpha value is -2.24. The predicted molar refractivity (Wildman–Crippen MR) is 103 cm³/mol. The van der Waals surface area contributed by atoms with Crippen LogP contribution in [0.5, 0.6) is 0 Å². The molecule has 0 aromatic heterocycles. The van der Waals surface area contributed by atoms with Crippen LogP contribution in [0.15, 0.2) is 24.3 Å². The van der Waals surface area contributed by atoms with Crippen molar-refractivity contribution in [3.63, 3.8) is 0 Å². The van der Waals surface area contributed by atoms with Crippen molar-refractivity contribution in [3.05, 3.63) is 29.8 Å². The molecule has 1 saturated carbocycles. The van der Waals surface area contributed by atoms with Crippen LogP contribution in [0.1, 0.15) is 50.5 Å². The van der Waals surface area contributed by atoms with Gasteiger partial charge in [0.25, 0.3) is 0 Å². The number of carbonyl (C=O) groups excluding carboxylic acids is 2. The molecule has 4 amide bonds. The van der Waals surface area contributed by atoms with Crippen molar-refractivity contribution in [3.8, 4) is 0 Å². The Kier molecular flexibility index (Phi) is 6.36. The Labute approximate surface area is 155 Å². The molecule has 6 nitrogen and oxygen atoms in total. The molecule has 6 heteroatoms. The van der Waals surface area contributed by atoms with Gasteiger partial charge in [0, 0.05) is 30.9 Å². The summed E-state index contributed by atoms with van der Waals surface area (Å²) >= 11 is 0. The van der Waals surface area contributed by atoms with E-state index in [0.29, 0.717) is 19.1 Å². The highest BCUT2D eigenvalue weighted by atomic mass is 16.2. The molecule has 3 N–H and O–H groups in total. The number of benzene rings is 1. The van der Waals surface area contributed by atoms with E-state index in [2.05, 4.69) is 16.0 Å². The van der Waals surface area contributed by atoms with Gasteiger partial charge in [-0.15, -0.1) is 0 Å². The number of nitrogens with one attached hydrogen (secondary N) is 3. The fraction of sp³-hybridized carbons (Fsp3) is 0.600. The average molecular weight is 358 g/mol. The number of urea groups is 2. The summed E-state index contributed by atoms with van der Waals surface area (Å²) in [6.45, 7) is 3.39. The number of anilines is 1. The molecule has 3 rings (SSSR count). The molecule has 0 unspecified atom stereocenters. The third-order valence-electron chi connectivity index (χ3n) is 5.36. The predicted octanol–water partition coefficient (Wildman–Crippen LogP) is 3.62. The highest BCUT2D eigenvalue weighted by Crippen LogP contribution is 2.18. The SMILES string of the molecule is Cc1ccc(NC(=O)NC2CCN(C(=O)NC3CCCCC3)CC2)cc1. The van der Waals surface area contributed by atoms with Crippen molar-refractivity contribution in [2.45, 2.75) is 64.0 Å². The zero-order valence-corrected chi connectivity index (χ0v) is 15.6. The van der Waals surface area contributed by atoms with E-state index in [0.717, 1.165) is 36.9 Å². The first-order valence-electron chi connectivity index (χ1n) is 9.80. The first kappa shape index (κ1) is 18.5. The number of amides is 4. The van der Waals surface area contributed by atoms with Gasteiger partial charge in [-0.05, 0) is 44.7 Å². The van der Waals surface area contributed by atoms with Crippen molar-refractivity contribution in [2.75, 3.05) is 18.4 Å². The lowest BCUT2D eigenvalue weighted by atomic mass is 9.95. The lowest BCUT2D eigenvalue weighted by molar-refractivity contribution is 0.170. The van der Waals surface area contributed by atoms with E-state index in [1.165, 1.54) is 19.3 Å². The number of piperidine rings is 1. The second-order valence-corrected chi connectivity index (χ2v) is 7.51. The van der Waals surface area contributed by atoms with E-state index in [9.17, 15) is 9.59 Å². The van der Waals surface area contributed by atoms with Crippen molar-refractivity contribution < 1.29 is 9.59 Å². The molecule has 0 atom stereocenters. The van der Waals surface area contributed by atoms with Crippen LogP contribution in [0.2, 0.25) is 0 Å². The van der Waals surface area contributed by atoms with Crippen molar-refractivity contribution in [2.24, 2.45) is 0 Å². The molecule has 2 fully saturated rings. The van der Waals surface area contributed by atoms with Crippen molar-refractivity contribution >= 4 is 17.7 Å². The highest BCUT2D eigenvalue weighted by molar-refractivity contribution is 5.89. The summed E-state index contributed by atoms with van der Waals surface area (Å²) in [7, 11) is 0. The molecule has 1 aromatic carbocycles. The number of hydrogen-bond donors (Lipinski definition) is 3. The van der Waals surface area contributed by atoms with Crippen LogP contribution in [0, 0.1) is 6.92 Å². The second-order valence-electron chi connectivity index (χ2n) is 7.51. The topological polar surface area (TPSA) is 73.5 Å². The number of nitrogens with zero attached hydrogens (tertiary/aromatic N) is 1. The van der Waals surface area contributed by atoms with E-state index in [1.807, 2.05) is 36.1 Å². The molecule has 0 radical (unpaired) electrons. The Morgan fingerprint density at radius 3 is 2.15 bits per heavy atom. The maximum Gasteiger partial charge on any atom is 0.319 e. The summed E-state index contributed by atoms with van der Waals surface area (Å²) < 4.78 is 0. The molecule has 26 heavy (non-hydrogen) atoms. The van der Waals surface area contributed by atoms with Crippen LogP contribution in [-0.4, -0.2) is 42.1 Å². The van der Waals surface area contributed by atoms with E-state index in [4.69, 9.17) is 0 Å². The monoisotopic (exact) mass is 358 g/mol. The van der Waals surface area contributed by atoms with Crippen LogP contribution >= 0.6 is 0 Å². The Morgan fingerprint density at radius 1 is 0.885 bits per heavy atom. The molecule has 1 aliphatic heterocycles. The van der Waals surface area contributed by atoms with E-state index >= 15 is 0 Å². The Balaban J connectivity index is 1.38. The standard InChI is InChI=1S/C20H30N4O2/c1-15-7-9-17(10-8-15)21-19(25)22-18-11-13-24(14-12-18)20(26)23-16-5-3-2-4-6-16/h7-10,16,18H,2-6,11-14H2,1H3,(H,23,26)(H2,21,22,25). The normalized spacial score (nSPS) is 19.0. The molecule has 142 valence electrons. The van der Waals surface area contributed by atoms with Gasteiger partial charge in [0.05, 0.1) is 0 Å². The fourth-order valence-electron chi connectivity index (χ4n) is 3.73. The van der Waals surface area contributed by atoms with Gasteiger partial charge in [-0.2, -0.15) is 0 Å². The van der Waals surface area contributed by atoms with Gasteiger partial charge in [0.15, 0.2) is 0 Å². The first-order valence-corrected chi connectivity index (χ1v) is 9.80. The van der Waals surface area contributed by atoms with Gasteiger partial charge in [0.1, 0.15) is 0 Å². The van der Waals surface area contributed by atoms with Crippen molar-refractivity contribution in [1.82, 2.24) is 15.5 Å². The quantitative estimate of drug-likeness (QED) is 0.772. The summed E-state index contributed by atoms with van der Waals surface area (Å²) in [5, 5.41) is 9.04. The minimum absolute atomic E-state index is 0.0551. The smallest absolute Gasteiger partial charge is 0.319 e. The van der Waals surface area contributed by atoms with Crippen LogP contribution in [0.3, 0.4) is 0 Å². The van der Waals surface area contributed by atoms with E-state index < -0.39 is 0 Å². The molecule has 1 saturated heterocycles. The van der Waals surface area contributed by atoms with E-state index in [-0.39, 0.29) is 18.1 Å². The summed E-state index contributed by atoms with van der Waals surface area (Å²) in [5.41, 5.74) is 1.95. The number of likely N-dealkylation sites (tertiary alicyclic amines) is 1. The average Bonchev–Trinajstić information content (AvgIpc) is 2.65. The number of carbonyl (C=O) groups is 2. The van der Waals surface area contributed by atoms with Gasteiger partial charge in [0.2, 0.25) is 0 Å². The molecule has 1 aromatic rings. The number of rotatable bonds is 3. The second kappa shape index (κ2) is 8.92. The summed E-state index contributed by atoms with van der Waals surface area (Å²) in [6, 6.07) is 8.06. The van der Waals surface area contributed by atoms with Gasteiger partial charge < -0.3 is 20.9 Å². The van der Waals surface area contributed by atoms with Crippen molar-refractivity contribution in [1.29, 1.82) is 0 Å². The first-order chi connectivity index (χ1) is 12.6. The molecule has 2 aliphatic rings. The minimum atomic E-state index is -0.182. The van der Waals surface area contributed by atoms with Gasteiger partial charge >= 0.3 is 12.1 Å². The maximum atomic E-state index is 12.4. The molecule has 0 spiro atoms.